The number of benzene rings is 3. The number of sulfonamides is 1. The maximum atomic E-state index is 14.4. The first kappa shape index (κ1) is 33.6. The third-order valence-corrected chi connectivity index (χ3v) is 11.8. The van der Waals surface area contributed by atoms with Crippen molar-refractivity contribution in [2.24, 2.45) is 11.0 Å². The molecule has 0 amide bonds. The van der Waals surface area contributed by atoms with Gasteiger partial charge in [0.05, 0.1) is 14.7 Å². The van der Waals surface area contributed by atoms with Gasteiger partial charge in [-0.3, -0.25) is 9.11 Å². The summed E-state index contributed by atoms with van der Waals surface area (Å²) in [6.45, 7) is 5.31. The third-order valence-electron chi connectivity index (χ3n) is 7.83. The van der Waals surface area contributed by atoms with Crippen LogP contribution in [0.15, 0.2) is 80.5 Å². The minimum Gasteiger partial charge on any atom is -0.282 e. The molecule has 3 aromatic carbocycles. The van der Waals surface area contributed by atoms with E-state index in [9.17, 15) is 34.4 Å². The van der Waals surface area contributed by atoms with Crippen LogP contribution < -0.4 is 0 Å². The van der Waals surface area contributed by atoms with E-state index >= 15 is 0 Å². The van der Waals surface area contributed by atoms with Gasteiger partial charge in [-0.05, 0) is 93.3 Å². The molecule has 1 fully saturated rings. The lowest BCUT2D eigenvalue weighted by molar-refractivity contribution is 0.133. The zero-order valence-corrected chi connectivity index (χ0v) is 26.8. The molecule has 0 aromatic heterocycles. The predicted molar refractivity (Wildman–Crippen MR) is 164 cm³/mol. The number of aryl methyl sites for hydroxylation is 3. The Labute approximate surface area is 257 Å². The van der Waals surface area contributed by atoms with Crippen molar-refractivity contribution in [1.29, 1.82) is 0 Å². The second-order valence-corrected chi connectivity index (χ2v) is 15.9. The van der Waals surface area contributed by atoms with E-state index in [1.807, 2.05) is 6.92 Å². The van der Waals surface area contributed by atoms with Gasteiger partial charge in [0.15, 0.2) is 0 Å². The summed E-state index contributed by atoms with van der Waals surface area (Å²) < 4.78 is 99.3. The highest BCUT2D eigenvalue weighted by molar-refractivity contribution is 7.89. The molecule has 15 heteroatoms. The van der Waals surface area contributed by atoms with Crippen molar-refractivity contribution in [3.63, 3.8) is 0 Å². The van der Waals surface area contributed by atoms with E-state index in [2.05, 4.69) is 10.0 Å². The molecule has 0 radical (unpaired) electrons. The molecule has 236 valence electrons. The Kier molecular flexibility index (Phi) is 9.90. The highest BCUT2D eigenvalue weighted by Crippen LogP contribution is 2.38. The quantitative estimate of drug-likeness (QED) is 0.130. The van der Waals surface area contributed by atoms with Crippen molar-refractivity contribution in [3.05, 3.63) is 98.9 Å². The summed E-state index contributed by atoms with van der Waals surface area (Å²) in [6.07, 6.45) is 0.172. The van der Waals surface area contributed by atoms with Gasteiger partial charge in [0, 0.05) is 23.5 Å². The van der Waals surface area contributed by atoms with Crippen LogP contribution in [0, 0.1) is 26.7 Å². The molecule has 0 bridgehead atoms. The van der Waals surface area contributed by atoms with Crippen molar-refractivity contribution < 1.29 is 34.4 Å². The molecule has 2 N–H and O–H groups in total. The van der Waals surface area contributed by atoms with E-state index in [0.29, 0.717) is 11.1 Å². The first-order valence-electron chi connectivity index (χ1n) is 13.8. The summed E-state index contributed by atoms with van der Waals surface area (Å²) in [5.74, 6) is -0.344. The average molecular weight is 663 g/mol. The van der Waals surface area contributed by atoms with Crippen molar-refractivity contribution in [1.82, 2.24) is 4.31 Å². The van der Waals surface area contributed by atoms with E-state index in [4.69, 9.17) is 5.53 Å². The summed E-state index contributed by atoms with van der Waals surface area (Å²) >= 11 is 0. The zero-order valence-electron chi connectivity index (χ0n) is 24.4. The molecule has 1 heterocycles. The number of hydrogen-bond donors (Lipinski definition) is 2. The van der Waals surface area contributed by atoms with Crippen LogP contribution in [0.5, 0.6) is 0 Å². The Hall–Kier alpha value is -3.30. The zero-order chi connectivity index (χ0) is 32.4. The lowest BCUT2D eigenvalue weighted by atomic mass is 9.83. The summed E-state index contributed by atoms with van der Waals surface area (Å²) in [4.78, 5) is 2.15. The molecule has 0 unspecified atom stereocenters. The fourth-order valence-electron chi connectivity index (χ4n) is 5.99. The average Bonchev–Trinajstić information content (AvgIpc) is 2.90. The topological polar surface area (TPSA) is 195 Å². The summed E-state index contributed by atoms with van der Waals surface area (Å²) in [5.41, 5.74) is 11.7. The van der Waals surface area contributed by atoms with Gasteiger partial charge < -0.3 is 0 Å². The number of rotatable bonds is 10. The van der Waals surface area contributed by atoms with Crippen LogP contribution in [0.2, 0.25) is 0 Å². The van der Waals surface area contributed by atoms with Crippen LogP contribution in [0.4, 0.5) is 0 Å². The number of hydrogen-bond acceptors (Lipinski definition) is 7. The highest BCUT2D eigenvalue weighted by Gasteiger charge is 2.43. The van der Waals surface area contributed by atoms with E-state index in [0.717, 1.165) is 5.56 Å². The Bertz CT molecular complexity index is 1830. The Balaban J connectivity index is 1.93. The lowest BCUT2D eigenvalue weighted by Gasteiger charge is -2.44. The van der Waals surface area contributed by atoms with Crippen molar-refractivity contribution in [3.8, 4) is 0 Å². The third kappa shape index (κ3) is 7.67. The minimum atomic E-state index is -4.66. The van der Waals surface area contributed by atoms with Crippen LogP contribution in [0.25, 0.3) is 10.4 Å². The SMILES string of the molecule is Cc1ccc(S(=O)(=O)N2[C@H](Cc3cc(C)ccc3S(=O)(=O)O)C[C@@H](CN=[N+]=[N-])C[C@@H]2Cc2cc(C)ccc2S(=O)(=O)O)cc1. The first-order chi connectivity index (χ1) is 20.5. The van der Waals surface area contributed by atoms with Crippen LogP contribution >= 0.6 is 0 Å². The smallest absolute Gasteiger partial charge is 0.282 e. The molecule has 12 nitrogen and oxygen atoms in total. The summed E-state index contributed by atoms with van der Waals surface area (Å²) in [6, 6.07) is 13.2. The van der Waals surface area contributed by atoms with E-state index in [1.54, 1.807) is 38.1 Å². The maximum Gasteiger partial charge on any atom is 0.294 e. The van der Waals surface area contributed by atoms with Crippen molar-refractivity contribution >= 4 is 30.3 Å². The van der Waals surface area contributed by atoms with Gasteiger partial charge in [-0.25, -0.2) is 8.42 Å². The molecule has 3 atom stereocenters. The van der Waals surface area contributed by atoms with Crippen LogP contribution in [-0.2, 0) is 43.1 Å². The maximum absolute atomic E-state index is 14.4. The van der Waals surface area contributed by atoms with Gasteiger partial charge in [-0.1, -0.05) is 58.2 Å². The summed E-state index contributed by atoms with van der Waals surface area (Å²) in [5, 5.41) is 3.72. The fourth-order valence-corrected chi connectivity index (χ4v) is 9.25. The Morgan fingerprint density at radius 2 is 1.18 bits per heavy atom. The number of nitrogens with zero attached hydrogens (tertiary/aromatic N) is 4. The largest absolute Gasteiger partial charge is 0.294 e. The molecule has 1 saturated heterocycles. The molecule has 4 rings (SSSR count). The standard InChI is InChI=1S/C29H34N4O8S3/c1-19-4-8-27(9-5-19)42(34,35)33-25(16-23-12-20(2)6-10-28(23)43(36,37)38)14-22(18-31-32-30)15-26(33)17-24-13-21(3)7-11-29(24)44(39,40)41/h4-13,22,25-26H,14-18H2,1-3H3,(H,36,37,38)(H,39,40,41)/t22-,25+,26-. The number of piperidine rings is 1. The normalized spacial score (nSPS) is 19.8. The molecular formula is C29H34N4O8S3. The van der Waals surface area contributed by atoms with Gasteiger partial charge >= 0.3 is 0 Å². The van der Waals surface area contributed by atoms with Gasteiger partial charge in [-0.15, -0.1) is 0 Å². The van der Waals surface area contributed by atoms with Crippen molar-refractivity contribution in [2.45, 2.75) is 73.2 Å². The molecule has 1 aliphatic heterocycles. The van der Waals surface area contributed by atoms with Crippen LogP contribution in [0.1, 0.15) is 40.7 Å². The molecule has 44 heavy (non-hydrogen) atoms. The monoisotopic (exact) mass is 662 g/mol. The minimum absolute atomic E-state index is 0.00918. The highest BCUT2D eigenvalue weighted by atomic mass is 32.2. The molecule has 3 aromatic rings. The molecule has 0 spiro atoms. The summed E-state index contributed by atoms with van der Waals surface area (Å²) in [7, 11) is -13.6. The van der Waals surface area contributed by atoms with Gasteiger partial charge in [0.25, 0.3) is 20.2 Å². The Morgan fingerprint density at radius 3 is 1.59 bits per heavy atom. The van der Waals surface area contributed by atoms with Crippen LogP contribution in [0.3, 0.4) is 0 Å². The molecule has 0 saturated carbocycles. The fraction of sp³-hybridized carbons (Fsp3) is 0.379. The number of azide groups is 1. The second kappa shape index (κ2) is 13.0. The van der Waals surface area contributed by atoms with E-state index in [-0.39, 0.29) is 64.0 Å². The van der Waals surface area contributed by atoms with Gasteiger partial charge in [-0.2, -0.15) is 21.1 Å². The first-order valence-corrected chi connectivity index (χ1v) is 18.1. The van der Waals surface area contributed by atoms with E-state index in [1.165, 1.54) is 40.7 Å². The molecule has 1 aliphatic rings. The molecule has 0 aliphatic carbocycles. The van der Waals surface area contributed by atoms with E-state index < -0.39 is 42.3 Å². The van der Waals surface area contributed by atoms with Gasteiger partial charge in [0.2, 0.25) is 10.0 Å². The predicted octanol–water partition coefficient (Wildman–Crippen LogP) is 5.04. The van der Waals surface area contributed by atoms with Crippen LogP contribution in [-0.4, -0.2) is 57.3 Å². The van der Waals surface area contributed by atoms with Gasteiger partial charge in [0.1, 0.15) is 0 Å². The molecular weight excluding hydrogens is 629 g/mol. The Morgan fingerprint density at radius 1 is 0.750 bits per heavy atom. The second-order valence-electron chi connectivity index (χ2n) is 11.3. The van der Waals surface area contributed by atoms with Crippen molar-refractivity contribution in [2.75, 3.05) is 6.54 Å². The lowest BCUT2D eigenvalue weighted by Crippen LogP contribution is -2.54.